The Kier molecular flexibility index (Phi) is 2.45. The first kappa shape index (κ1) is 12.0. The Labute approximate surface area is 125 Å². The Morgan fingerprint density at radius 3 is 1.95 bits per heavy atom. The van der Waals surface area contributed by atoms with E-state index in [9.17, 15) is 9.59 Å². The summed E-state index contributed by atoms with van der Waals surface area (Å²) in [6.07, 6.45) is 3.71. The first-order chi connectivity index (χ1) is 9.11. The maximum atomic E-state index is 12.5. The summed E-state index contributed by atoms with van der Waals surface area (Å²) in [5, 5.41) is 8.52. The summed E-state index contributed by atoms with van der Waals surface area (Å²) in [6.45, 7) is 0. The lowest BCUT2D eigenvalue weighted by molar-refractivity contribution is -0.125. The molecule has 0 spiro atoms. The number of alkyl halides is 2. The van der Waals surface area contributed by atoms with Gasteiger partial charge in [-0.2, -0.15) is 5.01 Å². The number of carbonyl (C=O) groups excluding carboxylic acids is 2. The van der Waals surface area contributed by atoms with E-state index in [-0.39, 0.29) is 45.1 Å². The number of hydrogen-bond donors (Lipinski definition) is 0. The van der Waals surface area contributed by atoms with Crippen LogP contribution < -0.4 is 5.01 Å². The fourth-order valence-corrected chi connectivity index (χ4v) is 5.73. The zero-order chi connectivity index (χ0) is 13.3. The van der Waals surface area contributed by atoms with Crippen molar-refractivity contribution in [3.05, 3.63) is 12.7 Å². The number of fused-ring (bicyclic) bond motifs is 5. The Bertz CT molecular complexity index is 531. The van der Waals surface area contributed by atoms with E-state index in [1.807, 2.05) is 0 Å². The zero-order valence-electron chi connectivity index (χ0n) is 9.69. The largest absolute Gasteiger partial charge is 0.272 e. The van der Waals surface area contributed by atoms with Crippen molar-refractivity contribution in [1.29, 1.82) is 0 Å². The highest BCUT2D eigenvalue weighted by molar-refractivity contribution is 9.12. The number of nitrogens with zero attached hydrogens (tertiary/aromatic N) is 4. The lowest BCUT2D eigenvalue weighted by atomic mass is 9.81. The molecule has 6 unspecified atom stereocenters. The van der Waals surface area contributed by atoms with Crippen LogP contribution in [-0.2, 0) is 9.59 Å². The van der Waals surface area contributed by atoms with Gasteiger partial charge in [-0.25, -0.2) is 4.68 Å². The quantitative estimate of drug-likeness (QED) is 0.523. The van der Waals surface area contributed by atoms with Crippen molar-refractivity contribution in [1.82, 2.24) is 14.9 Å². The minimum atomic E-state index is -0.196. The van der Waals surface area contributed by atoms with E-state index in [4.69, 9.17) is 0 Å². The molecule has 0 aromatic carbocycles. The summed E-state index contributed by atoms with van der Waals surface area (Å²) in [4.78, 5) is 25.6. The highest BCUT2D eigenvalue weighted by Gasteiger charge is 2.66. The minimum Gasteiger partial charge on any atom is -0.272 e. The van der Waals surface area contributed by atoms with E-state index in [1.54, 1.807) is 0 Å². The lowest BCUT2D eigenvalue weighted by Gasteiger charge is -2.28. The number of aromatic nitrogens is 3. The summed E-state index contributed by atoms with van der Waals surface area (Å²) in [7, 11) is 0. The molecule has 2 heterocycles. The molecule has 3 aliphatic rings. The Morgan fingerprint density at radius 2 is 1.47 bits per heavy atom. The molecule has 6 nitrogen and oxygen atoms in total. The van der Waals surface area contributed by atoms with Gasteiger partial charge in [0.15, 0.2) is 0 Å². The molecule has 2 saturated carbocycles. The first-order valence-corrected chi connectivity index (χ1v) is 7.95. The van der Waals surface area contributed by atoms with E-state index in [2.05, 4.69) is 42.1 Å². The van der Waals surface area contributed by atoms with Crippen LogP contribution in [0.5, 0.6) is 0 Å². The van der Waals surface area contributed by atoms with Gasteiger partial charge in [0.2, 0.25) is 0 Å². The van der Waals surface area contributed by atoms with Gasteiger partial charge in [0, 0.05) is 9.65 Å². The third kappa shape index (κ3) is 1.36. The molecule has 8 heteroatoms. The van der Waals surface area contributed by atoms with Gasteiger partial charge in [-0.1, -0.05) is 31.9 Å². The molecule has 1 aliphatic heterocycles. The van der Waals surface area contributed by atoms with Crippen molar-refractivity contribution in [3.8, 4) is 0 Å². The van der Waals surface area contributed by atoms with Crippen LogP contribution in [0.2, 0.25) is 0 Å². The van der Waals surface area contributed by atoms with Crippen LogP contribution in [0.15, 0.2) is 12.7 Å². The molecule has 3 fully saturated rings. The molecule has 1 saturated heterocycles. The van der Waals surface area contributed by atoms with E-state index >= 15 is 0 Å². The summed E-state index contributed by atoms with van der Waals surface area (Å²) >= 11 is 7.31. The number of amides is 2. The fraction of sp³-hybridized carbons (Fsp3) is 0.636. The van der Waals surface area contributed by atoms with Crippen LogP contribution >= 0.6 is 31.9 Å². The molecule has 19 heavy (non-hydrogen) atoms. The van der Waals surface area contributed by atoms with Crippen LogP contribution in [-0.4, -0.2) is 36.3 Å². The van der Waals surface area contributed by atoms with Crippen LogP contribution in [0.4, 0.5) is 0 Å². The molecule has 0 N–H and O–H groups in total. The minimum absolute atomic E-state index is 0.119. The second-order valence-corrected chi connectivity index (χ2v) is 7.45. The molecule has 2 amide bonds. The van der Waals surface area contributed by atoms with Crippen molar-refractivity contribution in [3.63, 3.8) is 0 Å². The van der Waals surface area contributed by atoms with Gasteiger partial charge in [0.05, 0.1) is 11.8 Å². The van der Waals surface area contributed by atoms with E-state index in [0.29, 0.717) is 0 Å². The molecule has 100 valence electrons. The van der Waals surface area contributed by atoms with Crippen molar-refractivity contribution in [2.45, 2.75) is 16.1 Å². The van der Waals surface area contributed by atoms with Gasteiger partial charge in [-0.15, -0.1) is 10.2 Å². The number of rotatable bonds is 1. The normalized spacial score (nSPS) is 44.2. The average Bonchev–Trinajstić information content (AvgIpc) is 3.10. The molecule has 1 aromatic rings. The molecule has 2 aliphatic carbocycles. The second kappa shape index (κ2) is 3.88. The van der Waals surface area contributed by atoms with Crippen LogP contribution in [0.3, 0.4) is 0 Å². The van der Waals surface area contributed by atoms with Gasteiger partial charge in [0.1, 0.15) is 12.7 Å². The molecule has 1 aromatic heterocycles. The Balaban J connectivity index is 1.76. The standard InChI is InChI=1S/C11H10Br2N4O2/c12-8-4-1-5(9(8)13)7-6(4)10(18)17(11(7)19)16-2-14-15-3-16/h2-9H,1H2. The third-order valence-corrected chi connectivity index (χ3v) is 7.81. The SMILES string of the molecule is O=C1C2C3CC(C(Br)C3Br)C2C(=O)N1n1cnnc1. The summed E-state index contributed by atoms with van der Waals surface area (Å²) in [6, 6.07) is 0. The van der Waals surface area contributed by atoms with Crippen LogP contribution in [0, 0.1) is 23.7 Å². The molecular weight excluding hydrogens is 380 g/mol. The number of hydrogen-bond acceptors (Lipinski definition) is 4. The molecular formula is C11H10Br2N4O2. The number of carbonyl (C=O) groups is 2. The number of imide groups is 1. The van der Waals surface area contributed by atoms with Gasteiger partial charge in [-0.3, -0.25) is 9.59 Å². The van der Waals surface area contributed by atoms with E-state index in [0.717, 1.165) is 6.42 Å². The van der Waals surface area contributed by atoms with Crippen LogP contribution in [0.1, 0.15) is 6.42 Å². The summed E-state index contributed by atoms with van der Waals surface area (Å²) in [5.74, 6) is -0.164. The predicted octanol–water partition coefficient (Wildman–Crippen LogP) is 0.692. The van der Waals surface area contributed by atoms with Gasteiger partial charge < -0.3 is 0 Å². The smallest absolute Gasteiger partial charge is 0.252 e. The van der Waals surface area contributed by atoms with E-state index < -0.39 is 0 Å². The molecule has 4 rings (SSSR count). The average molecular weight is 390 g/mol. The topological polar surface area (TPSA) is 68.1 Å². The van der Waals surface area contributed by atoms with E-state index in [1.165, 1.54) is 22.3 Å². The molecule has 0 radical (unpaired) electrons. The van der Waals surface area contributed by atoms with Gasteiger partial charge in [-0.05, 0) is 18.3 Å². The van der Waals surface area contributed by atoms with Crippen LogP contribution in [0.25, 0.3) is 0 Å². The van der Waals surface area contributed by atoms with Gasteiger partial charge in [0.25, 0.3) is 11.8 Å². The zero-order valence-corrected chi connectivity index (χ0v) is 12.9. The van der Waals surface area contributed by atoms with Gasteiger partial charge >= 0.3 is 0 Å². The van der Waals surface area contributed by atoms with Crippen molar-refractivity contribution >= 4 is 43.7 Å². The first-order valence-electron chi connectivity index (χ1n) is 6.12. The summed E-state index contributed by atoms with van der Waals surface area (Å²) in [5.41, 5.74) is 0. The van der Waals surface area contributed by atoms with Crippen molar-refractivity contribution < 1.29 is 9.59 Å². The Morgan fingerprint density at radius 1 is 1.00 bits per heavy atom. The highest BCUT2D eigenvalue weighted by atomic mass is 79.9. The van der Waals surface area contributed by atoms with Crippen molar-refractivity contribution in [2.24, 2.45) is 23.7 Å². The molecule has 6 atom stereocenters. The monoisotopic (exact) mass is 388 g/mol. The third-order valence-electron chi connectivity index (χ3n) is 4.60. The lowest BCUT2D eigenvalue weighted by Crippen LogP contribution is -2.41. The highest BCUT2D eigenvalue weighted by Crippen LogP contribution is 2.59. The summed E-state index contributed by atoms with van der Waals surface area (Å²) < 4.78 is 1.38. The Hall–Kier alpha value is -0.760. The number of halogens is 2. The second-order valence-electron chi connectivity index (χ2n) is 5.33. The fourth-order valence-electron chi connectivity index (χ4n) is 3.86. The maximum Gasteiger partial charge on any atom is 0.252 e. The predicted molar refractivity (Wildman–Crippen MR) is 72.3 cm³/mol. The molecule has 2 bridgehead atoms. The maximum absolute atomic E-state index is 12.5. The van der Waals surface area contributed by atoms with Crippen molar-refractivity contribution in [2.75, 3.05) is 5.01 Å².